The molecule has 3 aromatic rings. The molecule has 0 saturated carbocycles. The molecule has 45 heavy (non-hydrogen) atoms. The number of hydrogen-bond acceptors (Lipinski definition) is 7. The van der Waals surface area contributed by atoms with Crippen LogP contribution in [0.5, 0.6) is 0 Å². The van der Waals surface area contributed by atoms with Crippen molar-refractivity contribution in [3.63, 3.8) is 0 Å². The Morgan fingerprint density at radius 2 is 1.29 bits per heavy atom. The molecule has 232 valence electrons. The molecule has 3 atom stereocenters. The van der Waals surface area contributed by atoms with Gasteiger partial charge in [-0.15, -0.1) is 0 Å². The second-order valence-electron chi connectivity index (χ2n) is 12.3. The molecule has 1 aliphatic heterocycles. The van der Waals surface area contributed by atoms with E-state index in [4.69, 9.17) is 9.47 Å². The average Bonchev–Trinajstić information content (AvgIpc) is 3.31. The molecule has 9 nitrogen and oxygen atoms in total. The summed E-state index contributed by atoms with van der Waals surface area (Å²) < 4.78 is 10.5. The molecule has 1 fully saturated rings. The van der Waals surface area contributed by atoms with Gasteiger partial charge in [-0.05, 0) is 65.3 Å². The molecular weight excluding hydrogens is 572 g/mol. The highest BCUT2D eigenvalue weighted by Gasteiger charge is 2.63. The summed E-state index contributed by atoms with van der Waals surface area (Å²) in [4.78, 5) is 67.8. The van der Waals surface area contributed by atoms with Crippen molar-refractivity contribution < 1.29 is 33.4 Å². The Hall–Kier alpha value is -4.79. The van der Waals surface area contributed by atoms with Crippen molar-refractivity contribution in [1.29, 1.82) is 0 Å². The van der Waals surface area contributed by atoms with Crippen LogP contribution in [0.25, 0.3) is 0 Å². The average molecular weight is 609 g/mol. The third-order valence-corrected chi connectivity index (χ3v) is 8.95. The van der Waals surface area contributed by atoms with Crippen LogP contribution in [0.15, 0.2) is 72.8 Å². The third kappa shape index (κ3) is 5.41. The highest BCUT2D eigenvalue weighted by Crippen LogP contribution is 2.61. The van der Waals surface area contributed by atoms with Crippen LogP contribution < -0.4 is 5.32 Å². The maximum atomic E-state index is 14.2. The molecule has 3 amide bonds. The van der Waals surface area contributed by atoms with Crippen molar-refractivity contribution in [3.05, 3.63) is 101 Å². The Bertz CT molecular complexity index is 1550. The Morgan fingerprint density at radius 3 is 1.76 bits per heavy atom. The number of amides is 3. The van der Waals surface area contributed by atoms with Crippen molar-refractivity contribution in [1.82, 2.24) is 4.90 Å². The number of ether oxygens (including phenoxy) is 2. The molecule has 3 aromatic carbocycles. The summed E-state index contributed by atoms with van der Waals surface area (Å²) in [6, 6.07) is 21.0. The van der Waals surface area contributed by atoms with Gasteiger partial charge in [0.05, 0.1) is 24.0 Å². The first-order valence-electron chi connectivity index (χ1n) is 15.5. The van der Waals surface area contributed by atoms with E-state index in [9.17, 15) is 24.0 Å². The van der Waals surface area contributed by atoms with Gasteiger partial charge < -0.3 is 14.8 Å². The van der Waals surface area contributed by atoms with Gasteiger partial charge in [0.1, 0.15) is 6.04 Å². The Balaban J connectivity index is 1.18. The minimum Gasteiger partial charge on any atom is -0.462 e. The van der Waals surface area contributed by atoms with Crippen LogP contribution in [-0.2, 0) is 28.7 Å². The number of anilines is 1. The van der Waals surface area contributed by atoms with E-state index in [0.29, 0.717) is 24.3 Å². The van der Waals surface area contributed by atoms with Crippen LogP contribution in [-0.4, -0.2) is 53.8 Å². The van der Waals surface area contributed by atoms with Crippen molar-refractivity contribution in [2.45, 2.75) is 51.5 Å². The summed E-state index contributed by atoms with van der Waals surface area (Å²) in [5, 5.41) is 2.64. The van der Waals surface area contributed by atoms with Gasteiger partial charge >= 0.3 is 11.9 Å². The zero-order valence-electron chi connectivity index (χ0n) is 25.5. The number of rotatable bonds is 10. The van der Waals surface area contributed by atoms with Gasteiger partial charge in [0.15, 0.2) is 6.61 Å². The fourth-order valence-corrected chi connectivity index (χ4v) is 7.16. The predicted octanol–water partition coefficient (Wildman–Crippen LogP) is 5.04. The van der Waals surface area contributed by atoms with Crippen molar-refractivity contribution in [2.75, 3.05) is 18.5 Å². The van der Waals surface area contributed by atoms with E-state index in [0.717, 1.165) is 27.2 Å². The lowest BCUT2D eigenvalue weighted by Gasteiger charge is -2.45. The minimum atomic E-state index is -1.15. The molecule has 3 aliphatic carbocycles. The lowest BCUT2D eigenvalue weighted by atomic mass is 9.55. The number of hydrogen-bond donors (Lipinski definition) is 1. The third-order valence-electron chi connectivity index (χ3n) is 8.95. The summed E-state index contributed by atoms with van der Waals surface area (Å²) in [5.41, 5.74) is 4.97. The van der Waals surface area contributed by atoms with Gasteiger partial charge in [0.2, 0.25) is 11.8 Å². The molecule has 0 spiro atoms. The molecule has 0 aromatic heterocycles. The summed E-state index contributed by atoms with van der Waals surface area (Å²) >= 11 is 0. The summed E-state index contributed by atoms with van der Waals surface area (Å²) in [6.07, 6.45) is 0.920. The maximum Gasteiger partial charge on any atom is 0.338 e. The van der Waals surface area contributed by atoms with E-state index in [1.165, 1.54) is 12.1 Å². The highest BCUT2D eigenvalue weighted by molar-refractivity contribution is 6.10. The number of esters is 2. The van der Waals surface area contributed by atoms with Gasteiger partial charge in [-0.1, -0.05) is 69.3 Å². The zero-order chi connectivity index (χ0) is 31.8. The van der Waals surface area contributed by atoms with Crippen LogP contribution in [0.4, 0.5) is 5.69 Å². The molecule has 0 radical (unpaired) electrons. The second-order valence-corrected chi connectivity index (χ2v) is 12.3. The number of nitrogens with zero attached hydrogens (tertiary/aromatic N) is 1. The van der Waals surface area contributed by atoms with Gasteiger partial charge in [-0.3, -0.25) is 19.3 Å². The first-order valence-corrected chi connectivity index (χ1v) is 15.5. The standard InChI is InChI=1S/C36H36N2O7/c1-4-17-44-35(42)21-13-15-22(16-14-21)37-28(39)19-45-36(43)27(18-20(2)3)38-33(40)31-29-23-9-5-6-10-24(23)30(32(31)34(38)41)26-12-8-7-11-25(26)29/h5-16,20,27,29-32H,4,17-19H2,1-3H3,(H,37,39)/t27-,29?,30?,31-,32+/m0/s1. The molecule has 0 unspecified atom stereocenters. The zero-order valence-corrected chi connectivity index (χ0v) is 25.5. The van der Waals surface area contributed by atoms with Gasteiger partial charge in [-0.2, -0.15) is 0 Å². The highest BCUT2D eigenvalue weighted by atomic mass is 16.5. The molecule has 1 saturated heterocycles. The Morgan fingerprint density at radius 1 is 0.778 bits per heavy atom. The normalized spacial score (nSPS) is 21.6. The lowest BCUT2D eigenvalue weighted by molar-refractivity contribution is -0.160. The van der Waals surface area contributed by atoms with Crippen molar-refractivity contribution in [2.24, 2.45) is 17.8 Å². The number of imide groups is 1. The quantitative estimate of drug-likeness (QED) is 0.253. The van der Waals surface area contributed by atoms with E-state index in [-0.39, 0.29) is 36.0 Å². The van der Waals surface area contributed by atoms with Gasteiger partial charge in [-0.25, -0.2) is 9.59 Å². The Labute approximate surface area is 261 Å². The predicted molar refractivity (Wildman–Crippen MR) is 165 cm³/mol. The molecule has 9 heteroatoms. The lowest BCUT2D eigenvalue weighted by Crippen LogP contribution is -2.47. The van der Waals surface area contributed by atoms with Crippen LogP contribution >= 0.6 is 0 Å². The number of carbonyl (C=O) groups excluding carboxylic acids is 5. The van der Waals surface area contributed by atoms with Gasteiger partial charge in [0, 0.05) is 17.5 Å². The number of carbonyl (C=O) groups is 5. The molecular formula is C36H36N2O7. The Kier molecular flexibility index (Phi) is 8.27. The van der Waals surface area contributed by atoms with E-state index in [1.807, 2.05) is 69.3 Å². The fourth-order valence-electron chi connectivity index (χ4n) is 7.16. The van der Waals surface area contributed by atoms with Crippen LogP contribution in [0, 0.1) is 17.8 Å². The smallest absolute Gasteiger partial charge is 0.338 e. The summed E-state index contributed by atoms with van der Waals surface area (Å²) in [5.74, 6) is -4.40. The van der Waals surface area contributed by atoms with Crippen molar-refractivity contribution in [3.8, 4) is 0 Å². The van der Waals surface area contributed by atoms with Crippen LogP contribution in [0.2, 0.25) is 0 Å². The number of nitrogens with one attached hydrogen (secondary N) is 1. The maximum absolute atomic E-state index is 14.2. The molecule has 7 rings (SSSR count). The molecule has 1 heterocycles. The van der Waals surface area contributed by atoms with Crippen LogP contribution in [0.3, 0.4) is 0 Å². The van der Waals surface area contributed by atoms with Crippen molar-refractivity contribution >= 4 is 35.3 Å². The molecule has 2 bridgehead atoms. The monoisotopic (exact) mass is 608 g/mol. The summed E-state index contributed by atoms with van der Waals surface area (Å²) in [7, 11) is 0. The molecule has 1 N–H and O–H groups in total. The number of benzene rings is 3. The minimum absolute atomic E-state index is 0.0340. The van der Waals surface area contributed by atoms with E-state index in [2.05, 4.69) is 5.32 Å². The first-order chi connectivity index (χ1) is 21.7. The second kappa shape index (κ2) is 12.3. The SMILES string of the molecule is CCCOC(=O)c1ccc(NC(=O)COC(=O)[C@H](CC(C)C)N2C(=O)[C@@H]3C4c5ccccc5C(c5ccccc54)[C@@H]3C2=O)cc1. The van der Waals surface area contributed by atoms with E-state index < -0.39 is 42.3 Å². The topological polar surface area (TPSA) is 119 Å². The fraction of sp³-hybridized carbons (Fsp3) is 0.361. The number of likely N-dealkylation sites (tertiary alicyclic amines) is 1. The van der Waals surface area contributed by atoms with E-state index >= 15 is 0 Å². The van der Waals surface area contributed by atoms with Gasteiger partial charge in [0.25, 0.3) is 5.91 Å². The molecule has 4 aliphatic rings. The summed E-state index contributed by atoms with van der Waals surface area (Å²) in [6.45, 7) is 5.43. The van der Waals surface area contributed by atoms with E-state index in [1.54, 1.807) is 12.1 Å². The van der Waals surface area contributed by atoms with Crippen LogP contribution in [0.1, 0.15) is 78.1 Å². The first kappa shape index (κ1) is 30.2. The largest absolute Gasteiger partial charge is 0.462 e.